The fraction of sp³-hybridized carbons (Fsp3) is 0.132. The van der Waals surface area contributed by atoms with Crippen LogP contribution >= 0.6 is 0 Å². The number of halogens is 1. The molecule has 0 unspecified atom stereocenters. The number of amides is 2. The molecule has 6 rings (SSSR count). The maximum absolute atomic E-state index is 14.2. The van der Waals surface area contributed by atoms with Crippen LogP contribution in [0, 0.1) is 0 Å². The van der Waals surface area contributed by atoms with Crippen LogP contribution in [0.5, 0.6) is 0 Å². The summed E-state index contributed by atoms with van der Waals surface area (Å²) in [6, 6.07) is 35.1. The van der Waals surface area contributed by atoms with Gasteiger partial charge in [-0.1, -0.05) is 127 Å². The number of rotatable bonds is 11. The Morgan fingerprint density at radius 2 is 1.27 bits per heavy atom. The van der Waals surface area contributed by atoms with Crippen LogP contribution in [0.3, 0.4) is 0 Å². The molecule has 1 heterocycles. The van der Waals surface area contributed by atoms with Crippen molar-refractivity contribution in [3.8, 4) is 0 Å². The molecule has 1 atom stereocenters. The van der Waals surface area contributed by atoms with E-state index in [0.29, 0.717) is 10.9 Å². The van der Waals surface area contributed by atoms with E-state index in [0.717, 1.165) is 22.1 Å². The van der Waals surface area contributed by atoms with Gasteiger partial charge in [-0.25, -0.2) is 13.2 Å². The van der Waals surface area contributed by atoms with Crippen LogP contribution in [-0.2, 0) is 29.7 Å². The number of ether oxygens (including phenoxy) is 1. The van der Waals surface area contributed by atoms with Gasteiger partial charge < -0.3 is 15.4 Å². The molecule has 2 amide bonds. The van der Waals surface area contributed by atoms with Crippen LogP contribution < -0.4 is 10.6 Å². The number of fused-ring (bicyclic) bond motifs is 3. The first-order valence-electron chi connectivity index (χ1n) is 15.3. The first kappa shape index (κ1) is 32.3. The quantitative estimate of drug-likeness (QED) is 0.124. The molecule has 0 bridgehead atoms. The second kappa shape index (κ2) is 13.6. The highest BCUT2D eigenvalue weighted by Gasteiger charge is 2.38. The van der Waals surface area contributed by atoms with Crippen molar-refractivity contribution < 1.29 is 31.9 Å². The summed E-state index contributed by atoms with van der Waals surface area (Å²) < 4.78 is 45.9. The minimum Gasteiger partial charge on any atom is -0.444 e. The van der Waals surface area contributed by atoms with Crippen LogP contribution in [0.15, 0.2) is 137 Å². The molecular formula is C38H31FN2O6S. The van der Waals surface area contributed by atoms with Gasteiger partial charge in [0.05, 0.1) is 9.80 Å². The standard InChI is InChI=1S/C38H31FN2O6S/c39-36(43)33(40-37(44)47-25-31-24-27-21-20-26-12-10-11-19-32(26)35(27)48(31,45)46)22-23-34(42)41-38(28-13-4-1-5-14-28,29-15-6-2-7-16-29)30-17-8-3-9-18-30/h1-21,24,33H,22-23,25H2,(H,40,44)(H,41,42)/t33-/m0/s1. The molecule has 0 aromatic heterocycles. The van der Waals surface area contributed by atoms with Gasteiger partial charge in [-0.2, -0.15) is 4.39 Å². The van der Waals surface area contributed by atoms with Gasteiger partial charge in [0.2, 0.25) is 15.7 Å². The Hall–Kier alpha value is -5.61. The van der Waals surface area contributed by atoms with Gasteiger partial charge in [0.1, 0.15) is 18.2 Å². The Balaban J connectivity index is 1.14. The molecule has 0 saturated carbocycles. The Bertz CT molecular complexity index is 2020. The molecule has 0 fully saturated rings. The predicted octanol–water partition coefficient (Wildman–Crippen LogP) is 6.45. The number of carbonyl (C=O) groups is 3. The lowest BCUT2D eigenvalue weighted by atomic mass is 9.77. The summed E-state index contributed by atoms with van der Waals surface area (Å²) in [7, 11) is -3.96. The summed E-state index contributed by atoms with van der Waals surface area (Å²) in [6.45, 7) is -0.626. The van der Waals surface area contributed by atoms with Gasteiger partial charge in [0.15, 0.2) is 0 Å². The summed E-state index contributed by atoms with van der Waals surface area (Å²) in [5.74, 6) is -0.500. The van der Waals surface area contributed by atoms with Crippen molar-refractivity contribution >= 4 is 44.7 Å². The van der Waals surface area contributed by atoms with E-state index in [9.17, 15) is 27.2 Å². The second-order valence-electron chi connectivity index (χ2n) is 11.3. The number of carbonyl (C=O) groups excluding carboxylic acids is 3. The number of hydrogen-bond donors (Lipinski definition) is 2. The van der Waals surface area contributed by atoms with Gasteiger partial charge in [0.25, 0.3) is 0 Å². The van der Waals surface area contributed by atoms with E-state index in [2.05, 4.69) is 10.6 Å². The Morgan fingerprint density at radius 1 is 0.729 bits per heavy atom. The average Bonchev–Trinajstić information content (AvgIpc) is 3.38. The second-order valence-corrected chi connectivity index (χ2v) is 13.3. The molecule has 0 aliphatic carbocycles. The Kier molecular flexibility index (Phi) is 9.18. The summed E-state index contributed by atoms with van der Waals surface area (Å²) in [5.41, 5.74) is 1.69. The number of alkyl carbamates (subject to hydrolysis) is 1. The van der Waals surface area contributed by atoms with Gasteiger partial charge in [-0.3, -0.25) is 9.59 Å². The summed E-state index contributed by atoms with van der Waals surface area (Å²) in [5, 5.41) is 6.56. The molecular weight excluding hydrogens is 631 g/mol. The normalized spacial score (nSPS) is 14.0. The maximum Gasteiger partial charge on any atom is 0.408 e. The number of nitrogens with one attached hydrogen (secondary N) is 2. The van der Waals surface area contributed by atoms with Crippen LogP contribution in [0.4, 0.5) is 9.18 Å². The average molecular weight is 663 g/mol. The van der Waals surface area contributed by atoms with E-state index in [1.54, 1.807) is 36.4 Å². The van der Waals surface area contributed by atoms with E-state index in [4.69, 9.17) is 4.74 Å². The van der Waals surface area contributed by atoms with Gasteiger partial charge in [-0.15, -0.1) is 0 Å². The highest BCUT2D eigenvalue weighted by atomic mass is 32.2. The van der Waals surface area contributed by atoms with Crippen molar-refractivity contribution in [2.24, 2.45) is 0 Å². The van der Waals surface area contributed by atoms with E-state index in [-0.39, 0.29) is 22.6 Å². The highest BCUT2D eigenvalue weighted by Crippen LogP contribution is 2.39. The largest absolute Gasteiger partial charge is 0.444 e. The van der Waals surface area contributed by atoms with E-state index >= 15 is 0 Å². The van der Waals surface area contributed by atoms with Crippen molar-refractivity contribution in [3.63, 3.8) is 0 Å². The minimum atomic E-state index is -3.96. The Morgan fingerprint density at radius 3 is 1.83 bits per heavy atom. The SMILES string of the molecule is O=C(CC[C@H](NC(=O)OCC1=Cc2ccc3ccccc3c2S1(=O)=O)C(=O)F)NC(c1ccccc1)(c1ccccc1)c1ccccc1. The summed E-state index contributed by atoms with van der Waals surface area (Å²) in [6.07, 6.45) is -0.472. The molecule has 5 aromatic rings. The molecule has 242 valence electrons. The summed E-state index contributed by atoms with van der Waals surface area (Å²) >= 11 is 0. The third-order valence-corrected chi connectivity index (χ3v) is 10.3. The van der Waals surface area contributed by atoms with E-state index in [1.165, 1.54) is 6.08 Å². The number of sulfone groups is 1. The van der Waals surface area contributed by atoms with Crippen LogP contribution in [0.25, 0.3) is 16.8 Å². The molecule has 2 N–H and O–H groups in total. The van der Waals surface area contributed by atoms with Gasteiger partial charge in [-0.05, 0) is 40.1 Å². The first-order chi connectivity index (χ1) is 23.2. The van der Waals surface area contributed by atoms with Gasteiger partial charge in [0, 0.05) is 11.8 Å². The minimum absolute atomic E-state index is 0.125. The van der Waals surface area contributed by atoms with Crippen molar-refractivity contribution in [2.75, 3.05) is 6.61 Å². The van der Waals surface area contributed by atoms with Crippen molar-refractivity contribution in [1.29, 1.82) is 0 Å². The zero-order chi connectivity index (χ0) is 33.7. The fourth-order valence-corrected chi connectivity index (χ4v) is 7.74. The van der Waals surface area contributed by atoms with Crippen molar-refractivity contribution in [1.82, 2.24) is 10.6 Å². The third kappa shape index (κ3) is 6.34. The fourth-order valence-electron chi connectivity index (χ4n) is 6.07. The lowest BCUT2D eigenvalue weighted by Crippen LogP contribution is -2.48. The third-order valence-electron chi connectivity index (χ3n) is 8.36. The summed E-state index contributed by atoms with van der Waals surface area (Å²) in [4.78, 5) is 38.1. The zero-order valence-corrected chi connectivity index (χ0v) is 26.5. The van der Waals surface area contributed by atoms with Gasteiger partial charge >= 0.3 is 12.1 Å². The number of benzene rings is 5. The van der Waals surface area contributed by atoms with Crippen molar-refractivity contribution in [2.45, 2.75) is 29.3 Å². The molecule has 48 heavy (non-hydrogen) atoms. The molecule has 0 spiro atoms. The monoisotopic (exact) mass is 662 g/mol. The maximum atomic E-state index is 14.2. The van der Waals surface area contributed by atoms with E-state index in [1.807, 2.05) is 91.0 Å². The lowest BCUT2D eigenvalue weighted by molar-refractivity contribution is -0.131. The first-order valence-corrected chi connectivity index (χ1v) is 16.8. The molecule has 8 nitrogen and oxygen atoms in total. The smallest absolute Gasteiger partial charge is 0.408 e. The molecule has 0 saturated heterocycles. The van der Waals surface area contributed by atoms with Crippen LogP contribution in [0.1, 0.15) is 35.1 Å². The molecule has 0 radical (unpaired) electrons. The van der Waals surface area contributed by atoms with Crippen LogP contribution in [0.2, 0.25) is 0 Å². The predicted molar refractivity (Wildman–Crippen MR) is 180 cm³/mol. The molecule has 1 aliphatic rings. The van der Waals surface area contributed by atoms with Crippen molar-refractivity contribution in [3.05, 3.63) is 155 Å². The lowest BCUT2D eigenvalue weighted by Gasteiger charge is -2.37. The molecule has 1 aliphatic heterocycles. The Labute approximate surface area is 277 Å². The van der Waals surface area contributed by atoms with Crippen LogP contribution in [-0.4, -0.2) is 39.1 Å². The number of hydrogen-bond acceptors (Lipinski definition) is 6. The van der Waals surface area contributed by atoms with E-state index < -0.39 is 46.1 Å². The highest BCUT2D eigenvalue weighted by molar-refractivity contribution is 7.96. The zero-order valence-electron chi connectivity index (χ0n) is 25.6. The topological polar surface area (TPSA) is 119 Å². The molecule has 5 aromatic carbocycles. The molecule has 10 heteroatoms.